The Hall–Kier alpha value is -1.95. The number of pyridine rings is 1. The molecule has 1 aliphatic heterocycles. The molecule has 2 aromatic rings. The van der Waals surface area contributed by atoms with Gasteiger partial charge in [-0.3, -0.25) is 4.79 Å². The van der Waals surface area contributed by atoms with Crippen molar-refractivity contribution < 1.29 is 9.32 Å². The molecule has 0 bridgehead atoms. The third kappa shape index (κ3) is 2.51. The second kappa shape index (κ2) is 5.60. The fourth-order valence-electron chi connectivity index (χ4n) is 3.54. The van der Waals surface area contributed by atoms with E-state index in [0.29, 0.717) is 23.7 Å². The van der Waals surface area contributed by atoms with Gasteiger partial charge in [0, 0.05) is 30.7 Å². The molecule has 2 aromatic heterocycles. The minimum absolute atomic E-state index is 0.0424. The first kappa shape index (κ1) is 14.6. The zero-order chi connectivity index (χ0) is 16.0. The van der Waals surface area contributed by atoms with Gasteiger partial charge in [0.25, 0.3) is 11.6 Å². The third-order valence-electron chi connectivity index (χ3n) is 5.02. The number of carbonyl (C=O) groups excluding carboxylic acids is 1. The summed E-state index contributed by atoms with van der Waals surface area (Å²) in [7, 11) is 0. The summed E-state index contributed by atoms with van der Waals surface area (Å²) in [5.41, 5.74) is 8.72. The van der Waals surface area contributed by atoms with Crippen molar-refractivity contribution in [1.29, 1.82) is 0 Å². The van der Waals surface area contributed by atoms with Gasteiger partial charge in [-0.15, -0.1) is 0 Å². The van der Waals surface area contributed by atoms with Gasteiger partial charge in [-0.25, -0.2) is 4.98 Å². The molecule has 2 fully saturated rings. The molecule has 6 nitrogen and oxygen atoms in total. The summed E-state index contributed by atoms with van der Waals surface area (Å²) in [6.07, 6.45) is 5.42. The van der Waals surface area contributed by atoms with Gasteiger partial charge in [0.2, 0.25) is 0 Å². The van der Waals surface area contributed by atoms with Crippen molar-refractivity contribution in [2.75, 3.05) is 13.1 Å². The van der Waals surface area contributed by atoms with E-state index in [1.165, 1.54) is 0 Å². The number of rotatable bonds is 3. The highest BCUT2D eigenvalue weighted by Gasteiger charge is 2.32. The molecule has 3 heterocycles. The van der Waals surface area contributed by atoms with E-state index in [0.717, 1.165) is 55.4 Å². The molecule has 1 saturated heterocycles. The fourth-order valence-corrected chi connectivity index (χ4v) is 3.54. The van der Waals surface area contributed by atoms with E-state index in [2.05, 4.69) is 10.1 Å². The van der Waals surface area contributed by atoms with Crippen LogP contribution in [0.4, 0.5) is 0 Å². The Balaban J connectivity index is 1.79. The predicted octanol–water partition coefficient (Wildman–Crippen LogP) is 2.36. The van der Waals surface area contributed by atoms with Crippen LogP contribution >= 0.6 is 0 Å². The maximum atomic E-state index is 13.2. The van der Waals surface area contributed by atoms with Crippen molar-refractivity contribution in [3.05, 3.63) is 23.0 Å². The largest absolute Gasteiger partial charge is 0.336 e. The Kier molecular flexibility index (Phi) is 3.56. The van der Waals surface area contributed by atoms with Crippen LogP contribution in [0.2, 0.25) is 0 Å². The van der Waals surface area contributed by atoms with Crippen molar-refractivity contribution in [2.24, 2.45) is 5.73 Å². The topological polar surface area (TPSA) is 85.2 Å². The SMILES string of the molecule is Cc1noc2nc(C3CC3)cc(C(=O)N3CCCCC3CN)c12. The summed E-state index contributed by atoms with van der Waals surface area (Å²) < 4.78 is 5.34. The van der Waals surface area contributed by atoms with Gasteiger partial charge >= 0.3 is 0 Å². The quantitative estimate of drug-likeness (QED) is 0.940. The van der Waals surface area contributed by atoms with Crippen LogP contribution in [0.3, 0.4) is 0 Å². The molecule has 4 rings (SSSR count). The Morgan fingerprint density at radius 3 is 2.96 bits per heavy atom. The molecule has 0 aromatic carbocycles. The average molecular weight is 314 g/mol. The van der Waals surface area contributed by atoms with Crippen LogP contribution in [0.5, 0.6) is 0 Å². The maximum absolute atomic E-state index is 13.2. The molecule has 6 heteroatoms. The number of aryl methyl sites for hydroxylation is 1. The lowest BCUT2D eigenvalue weighted by molar-refractivity contribution is 0.0625. The number of aromatic nitrogens is 2. The number of hydrogen-bond acceptors (Lipinski definition) is 5. The van der Waals surface area contributed by atoms with Crippen LogP contribution in [0.1, 0.15) is 59.8 Å². The summed E-state index contributed by atoms with van der Waals surface area (Å²) in [4.78, 5) is 19.7. The smallest absolute Gasteiger partial charge is 0.259 e. The van der Waals surface area contributed by atoms with Crippen molar-refractivity contribution in [2.45, 2.75) is 51.0 Å². The highest BCUT2D eigenvalue weighted by molar-refractivity contribution is 6.06. The number of likely N-dealkylation sites (tertiary alicyclic amines) is 1. The van der Waals surface area contributed by atoms with Crippen LogP contribution in [0.25, 0.3) is 11.1 Å². The zero-order valence-electron chi connectivity index (χ0n) is 13.4. The molecule has 0 spiro atoms. The van der Waals surface area contributed by atoms with E-state index in [-0.39, 0.29) is 11.9 Å². The van der Waals surface area contributed by atoms with Gasteiger partial charge in [-0.2, -0.15) is 0 Å². The Labute approximate surface area is 135 Å². The zero-order valence-corrected chi connectivity index (χ0v) is 13.4. The first-order valence-corrected chi connectivity index (χ1v) is 8.47. The average Bonchev–Trinajstić information content (AvgIpc) is 3.37. The molecule has 1 amide bonds. The molecular formula is C17H22N4O2. The Morgan fingerprint density at radius 2 is 2.22 bits per heavy atom. The van der Waals surface area contributed by atoms with Gasteiger partial charge in [-0.05, 0) is 45.1 Å². The summed E-state index contributed by atoms with van der Waals surface area (Å²) in [5.74, 6) is 0.503. The standard InChI is InChI=1S/C17H22N4O2/c1-10-15-13(17(22)21-7-3-2-4-12(21)9-18)8-14(11-5-6-11)19-16(15)23-20-10/h8,11-12H,2-7,9,18H2,1H3. The van der Waals surface area contributed by atoms with E-state index >= 15 is 0 Å². The van der Waals surface area contributed by atoms with Crippen LogP contribution in [-0.2, 0) is 0 Å². The van der Waals surface area contributed by atoms with Crippen LogP contribution < -0.4 is 5.73 Å². The number of carbonyl (C=O) groups is 1. The summed E-state index contributed by atoms with van der Waals surface area (Å²) >= 11 is 0. The molecule has 2 aliphatic rings. The molecule has 2 N–H and O–H groups in total. The lowest BCUT2D eigenvalue weighted by Crippen LogP contribution is -2.47. The predicted molar refractivity (Wildman–Crippen MR) is 86.2 cm³/mol. The number of amides is 1. The molecule has 0 radical (unpaired) electrons. The summed E-state index contributed by atoms with van der Waals surface area (Å²) in [5, 5.41) is 4.76. The lowest BCUT2D eigenvalue weighted by Gasteiger charge is -2.35. The van der Waals surface area contributed by atoms with Crippen molar-refractivity contribution in [3.63, 3.8) is 0 Å². The van der Waals surface area contributed by atoms with E-state index < -0.39 is 0 Å². The fraction of sp³-hybridized carbons (Fsp3) is 0.588. The van der Waals surface area contributed by atoms with Crippen molar-refractivity contribution >= 4 is 17.0 Å². The van der Waals surface area contributed by atoms with Crippen LogP contribution in [-0.4, -0.2) is 40.1 Å². The summed E-state index contributed by atoms with van der Waals surface area (Å²) in [6.45, 7) is 3.14. The van der Waals surface area contributed by atoms with Gasteiger partial charge < -0.3 is 15.2 Å². The van der Waals surface area contributed by atoms with Crippen molar-refractivity contribution in [1.82, 2.24) is 15.0 Å². The molecule has 1 unspecified atom stereocenters. The second-order valence-electron chi connectivity index (χ2n) is 6.70. The number of nitrogens with zero attached hydrogens (tertiary/aromatic N) is 3. The third-order valence-corrected chi connectivity index (χ3v) is 5.02. The number of fused-ring (bicyclic) bond motifs is 1. The van der Waals surface area contributed by atoms with E-state index in [4.69, 9.17) is 10.3 Å². The normalized spacial score (nSPS) is 21.8. The van der Waals surface area contributed by atoms with Crippen molar-refractivity contribution in [3.8, 4) is 0 Å². The first-order valence-electron chi connectivity index (χ1n) is 8.47. The van der Waals surface area contributed by atoms with Gasteiger partial charge in [0.05, 0.1) is 16.6 Å². The van der Waals surface area contributed by atoms with Gasteiger partial charge in [0.15, 0.2) is 0 Å². The second-order valence-corrected chi connectivity index (χ2v) is 6.70. The molecule has 23 heavy (non-hydrogen) atoms. The Bertz CT molecular complexity index is 750. The minimum Gasteiger partial charge on any atom is -0.336 e. The maximum Gasteiger partial charge on any atom is 0.259 e. The highest BCUT2D eigenvalue weighted by atomic mass is 16.5. The monoisotopic (exact) mass is 314 g/mol. The first-order chi connectivity index (χ1) is 11.2. The van der Waals surface area contributed by atoms with E-state index in [1.54, 1.807) is 0 Å². The number of nitrogens with two attached hydrogens (primary N) is 1. The van der Waals surface area contributed by atoms with E-state index in [1.807, 2.05) is 17.9 Å². The molecule has 1 aliphatic carbocycles. The van der Waals surface area contributed by atoms with Gasteiger partial charge in [-0.1, -0.05) is 5.16 Å². The van der Waals surface area contributed by atoms with E-state index in [9.17, 15) is 4.79 Å². The molecule has 1 atom stereocenters. The number of hydrogen-bond donors (Lipinski definition) is 1. The number of piperidine rings is 1. The van der Waals surface area contributed by atoms with Crippen LogP contribution in [0.15, 0.2) is 10.6 Å². The molecule has 1 saturated carbocycles. The minimum atomic E-state index is 0.0424. The Morgan fingerprint density at radius 1 is 1.39 bits per heavy atom. The van der Waals surface area contributed by atoms with Crippen LogP contribution in [0, 0.1) is 6.92 Å². The molecule has 122 valence electrons. The summed E-state index contributed by atoms with van der Waals surface area (Å²) in [6, 6.07) is 2.08. The lowest BCUT2D eigenvalue weighted by atomic mass is 9.99. The highest BCUT2D eigenvalue weighted by Crippen LogP contribution is 2.40. The van der Waals surface area contributed by atoms with Gasteiger partial charge in [0.1, 0.15) is 0 Å². The molecular weight excluding hydrogens is 292 g/mol.